The van der Waals surface area contributed by atoms with Crippen molar-refractivity contribution in [3.63, 3.8) is 0 Å². The van der Waals surface area contributed by atoms with Gasteiger partial charge in [0, 0.05) is 37.4 Å². The average molecular weight is 371 g/mol. The van der Waals surface area contributed by atoms with Crippen LogP contribution in [0.5, 0.6) is 0 Å². The fourth-order valence-electron chi connectivity index (χ4n) is 4.88. The molecule has 0 aromatic heterocycles. The Bertz CT molecular complexity index is 776. The van der Waals surface area contributed by atoms with E-state index in [2.05, 4.69) is 5.32 Å². The summed E-state index contributed by atoms with van der Waals surface area (Å²) in [4.78, 5) is 51.2. The van der Waals surface area contributed by atoms with Gasteiger partial charge in [-0.15, -0.1) is 0 Å². The van der Waals surface area contributed by atoms with Gasteiger partial charge in [0.1, 0.15) is 5.54 Å². The van der Waals surface area contributed by atoms with Gasteiger partial charge in [0.05, 0.1) is 0 Å². The number of hydrogen-bond donors (Lipinski definition) is 2. The molecule has 3 amide bonds. The lowest BCUT2D eigenvalue weighted by molar-refractivity contribution is -0.150. The van der Waals surface area contributed by atoms with Crippen LogP contribution in [0, 0.1) is 5.92 Å². The molecule has 7 nitrogen and oxygen atoms in total. The Balaban J connectivity index is 1.63. The van der Waals surface area contributed by atoms with Gasteiger partial charge >= 0.3 is 0 Å². The number of fused-ring (bicyclic) bond motifs is 1. The Kier molecular flexibility index (Phi) is 4.50. The van der Waals surface area contributed by atoms with Gasteiger partial charge in [0.2, 0.25) is 11.8 Å². The minimum atomic E-state index is -1.08. The molecule has 1 unspecified atom stereocenters. The lowest BCUT2D eigenvalue weighted by atomic mass is 9.82. The number of hydrogen-bond acceptors (Lipinski definition) is 5. The molecule has 0 aromatic rings. The number of nitrogens with two attached hydrogens (primary N) is 1. The highest BCUT2D eigenvalue weighted by Crippen LogP contribution is 2.47. The molecular formula is C20H25N3O4. The minimum Gasteiger partial charge on any atom is -0.328 e. The molecule has 27 heavy (non-hydrogen) atoms. The van der Waals surface area contributed by atoms with Crippen molar-refractivity contribution in [1.29, 1.82) is 0 Å². The molecule has 3 N–H and O–H groups in total. The van der Waals surface area contributed by atoms with Crippen LogP contribution >= 0.6 is 0 Å². The van der Waals surface area contributed by atoms with Gasteiger partial charge < -0.3 is 5.73 Å². The number of carbonyl (C=O) groups is 4. The van der Waals surface area contributed by atoms with E-state index in [4.69, 9.17) is 5.73 Å². The van der Waals surface area contributed by atoms with Crippen LogP contribution in [-0.2, 0) is 19.2 Å². The zero-order chi connectivity index (χ0) is 19.2. The Morgan fingerprint density at radius 2 is 1.96 bits per heavy atom. The average Bonchev–Trinajstić information content (AvgIpc) is 2.95. The largest absolute Gasteiger partial charge is 0.328 e. The van der Waals surface area contributed by atoms with Gasteiger partial charge in [-0.2, -0.15) is 0 Å². The van der Waals surface area contributed by atoms with E-state index in [0.717, 1.165) is 31.3 Å². The number of allylic oxidation sites excluding steroid dienone is 3. The van der Waals surface area contributed by atoms with E-state index in [-0.39, 0.29) is 42.4 Å². The van der Waals surface area contributed by atoms with Crippen molar-refractivity contribution in [2.24, 2.45) is 11.7 Å². The highest BCUT2D eigenvalue weighted by atomic mass is 16.2. The predicted octanol–water partition coefficient (Wildman–Crippen LogP) is 1.08. The van der Waals surface area contributed by atoms with Crippen LogP contribution < -0.4 is 11.1 Å². The number of carbonyl (C=O) groups excluding carboxylic acids is 4. The fraction of sp³-hybridized carbons (Fsp3) is 0.600. The first-order valence-electron chi connectivity index (χ1n) is 9.76. The molecule has 4 aliphatic rings. The summed E-state index contributed by atoms with van der Waals surface area (Å²) in [6.45, 7) is 0. The van der Waals surface area contributed by atoms with E-state index in [9.17, 15) is 19.2 Å². The van der Waals surface area contributed by atoms with Gasteiger partial charge in [0.25, 0.3) is 5.91 Å². The number of amides is 3. The van der Waals surface area contributed by atoms with E-state index in [1.165, 1.54) is 0 Å². The maximum atomic E-state index is 13.3. The third-order valence-electron chi connectivity index (χ3n) is 6.36. The van der Waals surface area contributed by atoms with E-state index >= 15 is 0 Å². The standard InChI is InChI=1S/C20H25N3O4/c21-14-3-1-12(2-4-14)9-18(26)23-16-6-5-15(24)10-13(16)11-20(23)8-7-17(25)22-19(20)27/h6,10,12,14H,1-5,7-9,11,21H2,(H,22,25,27). The van der Waals surface area contributed by atoms with Crippen molar-refractivity contribution in [3.8, 4) is 0 Å². The number of rotatable bonds is 2. The molecule has 1 spiro atoms. The van der Waals surface area contributed by atoms with Crippen LogP contribution in [0.2, 0.25) is 0 Å². The Labute approximate surface area is 158 Å². The summed E-state index contributed by atoms with van der Waals surface area (Å²) in [7, 11) is 0. The Morgan fingerprint density at radius 1 is 1.22 bits per heavy atom. The van der Waals surface area contributed by atoms with Crippen molar-refractivity contribution in [3.05, 3.63) is 23.4 Å². The zero-order valence-corrected chi connectivity index (χ0v) is 15.3. The van der Waals surface area contributed by atoms with E-state index in [1.807, 2.05) is 0 Å². The molecule has 0 radical (unpaired) electrons. The van der Waals surface area contributed by atoms with Crippen molar-refractivity contribution in [2.45, 2.75) is 69.4 Å². The molecule has 7 heteroatoms. The highest BCUT2D eigenvalue weighted by molar-refractivity contribution is 6.06. The van der Waals surface area contributed by atoms with Crippen molar-refractivity contribution >= 4 is 23.5 Å². The first-order valence-corrected chi connectivity index (χ1v) is 9.76. The molecular weight excluding hydrogens is 346 g/mol. The lowest BCUT2D eigenvalue weighted by Crippen LogP contribution is -2.61. The number of nitrogens with zero attached hydrogens (tertiary/aromatic N) is 1. The number of piperidine rings is 1. The normalized spacial score (nSPS) is 33.5. The fourth-order valence-corrected chi connectivity index (χ4v) is 4.88. The molecule has 1 saturated carbocycles. The summed E-state index contributed by atoms with van der Waals surface area (Å²) in [5.41, 5.74) is 6.29. The number of nitrogens with one attached hydrogen (secondary N) is 1. The molecule has 144 valence electrons. The highest BCUT2D eigenvalue weighted by Gasteiger charge is 2.56. The quantitative estimate of drug-likeness (QED) is 0.706. The molecule has 0 aromatic carbocycles. The first kappa shape index (κ1) is 18.1. The monoisotopic (exact) mass is 371 g/mol. The van der Waals surface area contributed by atoms with Crippen molar-refractivity contribution < 1.29 is 19.2 Å². The predicted molar refractivity (Wildman–Crippen MR) is 96.9 cm³/mol. The van der Waals surface area contributed by atoms with Crippen LogP contribution in [-0.4, -0.2) is 40.0 Å². The third-order valence-corrected chi connectivity index (χ3v) is 6.36. The number of likely N-dealkylation sites (tertiary alicyclic amines) is 1. The molecule has 3 fully saturated rings. The zero-order valence-electron chi connectivity index (χ0n) is 15.3. The van der Waals surface area contributed by atoms with Gasteiger partial charge in [-0.05, 0) is 49.7 Å². The second-order valence-corrected chi connectivity index (χ2v) is 8.23. The molecule has 2 heterocycles. The van der Waals surface area contributed by atoms with Crippen LogP contribution in [0.15, 0.2) is 23.4 Å². The second-order valence-electron chi connectivity index (χ2n) is 8.23. The second kappa shape index (κ2) is 6.71. The molecule has 1 atom stereocenters. The minimum absolute atomic E-state index is 0.0215. The van der Waals surface area contributed by atoms with Gasteiger partial charge in [-0.25, -0.2) is 0 Å². The molecule has 4 rings (SSSR count). The Morgan fingerprint density at radius 3 is 2.67 bits per heavy atom. The van der Waals surface area contributed by atoms with E-state index < -0.39 is 11.4 Å². The summed E-state index contributed by atoms with van der Waals surface area (Å²) in [5.74, 6) is -0.591. The maximum absolute atomic E-state index is 13.3. The van der Waals surface area contributed by atoms with Gasteiger partial charge in [0.15, 0.2) is 5.78 Å². The van der Waals surface area contributed by atoms with E-state index in [1.54, 1.807) is 17.1 Å². The van der Waals surface area contributed by atoms with Crippen LogP contribution in [0.3, 0.4) is 0 Å². The summed E-state index contributed by atoms with van der Waals surface area (Å²) >= 11 is 0. The summed E-state index contributed by atoms with van der Waals surface area (Å²) in [6.07, 6.45) is 8.36. The lowest BCUT2D eigenvalue weighted by Gasteiger charge is -2.40. The van der Waals surface area contributed by atoms with Gasteiger partial charge in [-0.3, -0.25) is 29.4 Å². The smallest absolute Gasteiger partial charge is 0.253 e. The summed E-state index contributed by atoms with van der Waals surface area (Å²) < 4.78 is 0. The SMILES string of the molecule is NC1CCC(CC(=O)N2C3=CCC(=O)C=C3CC23CCC(=O)NC3=O)CC1. The van der Waals surface area contributed by atoms with Crippen molar-refractivity contribution in [1.82, 2.24) is 10.2 Å². The number of imide groups is 1. The molecule has 2 aliphatic carbocycles. The van der Waals surface area contributed by atoms with Crippen LogP contribution in [0.4, 0.5) is 0 Å². The van der Waals surface area contributed by atoms with Crippen LogP contribution in [0.25, 0.3) is 0 Å². The summed E-state index contributed by atoms with van der Waals surface area (Å²) in [5, 5.41) is 2.40. The molecule has 0 bridgehead atoms. The van der Waals surface area contributed by atoms with Crippen molar-refractivity contribution in [2.75, 3.05) is 0 Å². The van der Waals surface area contributed by atoms with Crippen LogP contribution in [0.1, 0.15) is 57.8 Å². The van der Waals surface area contributed by atoms with E-state index in [0.29, 0.717) is 25.0 Å². The van der Waals surface area contributed by atoms with Gasteiger partial charge in [-0.1, -0.05) is 6.08 Å². The topological polar surface area (TPSA) is 110 Å². The first-order chi connectivity index (χ1) is 12.9. The molecule has 2 aliphatic heterocycles. The Hall–Kier alpha value is -2.28. The summed E-state index contributed by atoms with van der Waals surface area (Å²) in [6, 6.07) is 0.214. The third kappa shape index (κ3) is 3.14. The maximum Gasteiger partial charge on any atom is 0.253 e. The molecule has 2 saturated heterocycles. The number of ketones is 1.